The summed E-state index contributed by atoms with van der Waals surface area (Å²) in [7, 11) is 0. The van der Waals surface area contributed by atoms with Crippen molar-refractivity contribution in [3.05, 3.63) is 69.5 Å². The molecule has 37 heavy (non-hydrogen) atoms. The number of benzene rings is 1. The van der Waals surface area contributed by atoms with Gasteiger partial charge in [-0.15, -0.1) is 0 Å². The monoisotopic (exact) mass is 519 g/mol. The first-order valence-electron chi connectivity index (χ1n) is 12.8. The van der Waals surface area contributed by atoms with Gasteiger partial charge in [0.2, 0.25) is 0 Å². The molecule has 1 N–H and O–H groups in total. The number of nitrogens with zero attached hydrogens (tertiary/aromatic N) is 4. The van der Waals surface area contributed by atoms with Gasteiger partial charge in [-0.05, 0) is 56.7 Å². The number of fused-ring (bicyclic) bond motifs is 2. The second kappa shape index (κ2) is 9.15. The number of ether oxygens (including phenoxy) is 1. The van der Waals surface area contributed by atoms with E-state index in [1.807, 2.05) is 36.4 Å². The zero-order valence-corrected chi connectivity index (χ0v) is 20.9. The molecule has 2 aliphatic heterocycles. The molecule has 3 fully saturated rings. The third-order valence-corrected chi connectivity index (χ3v) is 8.10. The third-order valence-electron chi connectivity index (χ3n) is 7.78. The lowest BCUT2D eigenvalue weighted by atomic mass is 9.99. The van der Waals surface area contributed by atoms with Gasteiger partial charge in [0.1, 0.15) is 17.3 Å². The Labute approximate surface area is 217 Å². The maximum absolute atomic E-state index is 11.3. The summed E-state index contributed by atoms with van der Waals surface area (Å²) in [6.45, 7) is 0.475. The van der Waals surface area contributed by atoms with Gasteiger partial charge in [-0.25, -0.2) is 9.78 Å². The summed E-state index contributed by atoms with van der Waals surface area (Å²) in [6.07, 6.45) is 8.29. The van der Waals surface area contributed by atoms with Crippen molar-refractivity contribution in [2.45, 2.75) is 69.2 Å². The Morgan fingerprint density at radius 3 is 2.51 bits per heavy atom. The van der Waals surface area contributed by atoms with Crippen LogP contribution in [0.1, 0.15) is 55.8 Å². The number of hydrogen-bond donors (Lipinski definition) is 1. The average Bonchev–Trinajstić information content (AvgIpc) is 3.43. The standard InChI is InChI=1S/C27H26ClN5O4/c28-22-4-2-1-3-20(22)24-21(25(36-31-24)15-5-6-15)14-35-19-11-17-8-9-18(12-19)33(17)23-10-7-16(13-29-23)26-30-27(34)37-32-26/h1-4,7,10,13,15,17-19H,5-6,8-9,11-12,14H2,(H,30,32,34)/t17-,18+,19?. The second-order valence-corrected chi connectivity index (χ2v) is 10.6. The lowest BCUT2D eigenvalue weighted by Gasteiger charge is -2.39. The van der Waals surface area contributed by atoms with E-state index in [1.165, 1.54) is 0 Å². The summed E-state index contributed by atoms with van der Waals surface area (Å²) >= 11 is 6.49. The van der Waals surface area contributed by atoms with Gasteiger partial charge in [0.15, 0.2) is 5.82 Å². The largest absolute Gasteiger partial charge is 0.439 e. The Morgan fingerprint density at radius 2 is 1.84 bits per heavy atom. The quantitative estimate of drug-likeness (QED) is 0.349. The van der Waals surface area contributed by atoms with Crippen molar-refractivity contribution in [1.82, 2.24) is 20.3 Å². The van der Waals surface area contributed by atoms with Crippen molar-refractivity contribution < 1.29 is 13.8 Å². The third kappa shape index (κ3) is 4.26. The van der Waals surface area contributed by atoms with E-state index in [0.29, 0.717) is 35.5 Å². The molecule has 1 saturated carbocycles. The van der Waals surface area contributed by atoms with Crippen LogP contribution in [0.5, 0.6) is 0 Å². The van der Waals surface area contributed by atoms with Crippen LogP contribution >= 0.6 is 11.6 Å². The first-order chi connectivity index (χ1) is 18.1. The second-order valence-electron chi connectivity index (χ2n) is 10.2. The van der Waals surface area contributed by atoms with Crippen LogP contribution in [0.15, 0.2) is 56.4 Å². The van der Waals surface area contributed by atoms with Crippen molar-refractivity contribution in [2.75, 3.05) is 4.90 Å². The predicted octanol–water partition coefficient (Wildman–Crippen LogP) is 5.33. The molecule has 2 saturated heterocycles. The fraction of sp³-hybridized carbons (Fsp3) is 0.407. The van der Waals surface area contributed by atoms with E-state index in [0.717, 1.165) is 72.5 Å². The summed E-state index contributed by atoms with van der Waals surface area (Å²) in [6, 6.07) is 12.4. The zero-order chi connectivity index (χ0) is 24.9. The highest BCUT2D eigenvalue weighted by Crippen LogP contribution is 2.46. The minimum absolute atomic E-state index is 0.161. The van der Waals surface area contributed by atoms with Crippen molar-refractivity contribution in [3.63, 3.8) is 0 Å². The normalized spacial score (nSPS) is 23.1. The molecule has 190 valence electrons. The number of pyridine rings is 1. The van der Waals surface area contributed by atoms with E-state index >= 15 is 0 Å². The number of hydrogen-bond acceptors (Lipinski definition) is 8. The highest BCUT2D eigenvalue weighted by Gasteiger charge is 2.42. The molecule has 2 bridgehead atoms. The number of H-pyrrole nitrogens is 1. The molecule has 1 aromatic carbocycles. The number of rotatable bonds is 7. The van der Waals surface area contributed by atoms with Crippen LogP contribution in [-0.2, 0) is 11.3 Å². The fourth-order valence-electron chi connectivity index (χ4n) is 5.86. The van der Waals surface area contributed by atoms with Crippen LogP contribution in [0, 0.1) is 0 Å². The Kier molecular flexibility index (Phi) is 5.62. The van der Waals surface area contributed by atoms with E-state index in [9.17, 15) is 4.79 Å². The Hall–Kier alpha value is -3.43. The summed E-state index contributed by atoms with van der Waals surface area (Å²) in [5.41, 5.74) is 3.44. The van der Waals surface area contributed by atoms with Crippen molar-refractivity contribution in [2.24, 2.45) is 0 Å². The smallest absolute Gasteiger partial charge is 0.373 e. The molecule has 3 atom stereocenters. The number of halogens is 1. The van der Waals surface area contributed by atoms with E-state index in [2.05, 4.69) is 29.7 Å². The van der Waals surface area contributed by atoms with Gasteiger partial charge in [-0.2, -0.15) is 0 Å². The summed E-state index contributed by atoms with van der Waals surface area (Å²) in [5.74, 6) is 2.14. The molecule has 5 heterocycles. The summed E-state index contributed by atoms with van der Waals surface area (Å²) < 4.78 is 17.0. The van der Waals surface area contributed by atoms with Crippen molar-refractivity contribution >= 4 is 17.4 Å². The molecule has 0 amide bonds. The van der Waals surface area contributed by atoms with Gasteiger partial charge in [-0.3, -0.25) is 9.51 Å². The first-order valence-corrected chi connectivity index (χ1v) is 13.2. The highest BCUT2D eigenvalue weighted by atomic mass is 35.5. The number of aromatic amines is 1. The highest BCUT2D eigenvalue weighted by molar-refractivity contribution is 6.33. The van der Waals surface area contributed by atoms with Gasteiger partial charge in [0, 0.05) is 40.9 Å². The number of nitrogens with one attached hydrogen (secondary N) is 1. The number of aromatic nitrogens is 4. The minimum atomic E-state index is -0.575. The van der Waals surface area contributed by atoms with E-state index in [4.69, 9.17) is 20.9 Å². The Bertz CT molecular complexity index is 1460. The lowest BCUT2D eigenvalue weighted by molar-refractivity contribution is 0.0146. The molecule has 4 aromatic rings. The molecule has 0 spiro atoms. The molecular weight excluding hydrogens is 494 g/mol. The van der Waals surface area contributed by atoms with Crippen LogP contribution in [0.25, 0.3) is 22.6 Å². The van der Waals surface area contributed by atoms with Crippen molar-refractivity contribution in [1.29, 1.82) is 0 Å². The van der Waals surface area contributed by atoms with E-state index in [-0.39, 0.29) is 6.10 Å². The molecule has 0 radical (unpaired) electrons. The zero-order valence-electron chi connectivity index (χ0n) is 20.1. The predicted molar refractivity (Wildman–Crippen MR) is 136 cm³/mol. The van der Waals surface area contributed by atoms with Gasteiger partial charge in [-0.1, -0.05) is 40.1 Å². The number of anilines is 1. The van der Waals surface area contributed by atoms with Crippen LogP contribution in [0.4, 0.5) is 5.82 Å². The maximum atomic E-state index is 11.3. The topological polar surface area (TPSA) is 110 Å². The molecule has 3 aliphatic rings. The van der Waals surface area contributed by atoms with Gasteiger partial charge in [0.05, 0.1) is 17.7 Å². The van der Waals surface area contributed by atoms with Gasteiger partial charge in [0.25, 0.3) is 0 Å². The molecule has 1 unspecified atom stereocenters. The Morgan fingerprint density at radius 1 is 1.03 bits per heavy atom. The van der Waals surface area contributed by atoms with E-state index < -0.39 is 5.76 Å². The Balaban J connectivity index is 1.06. The molecule has 10 heteroatoms. The van der Waals surface area contributed by atoms with Crippen LogP contribution in [-0.4, -0.2) is 38.5 Å². The average molecular weight is 520 g/mol. The van der Waals surface area contributed by atoms with Crippen LogP contribution < -0.4 is 10.7 Å². The van der Waals surface area contributed by atoms with E-state index in [1.54, 1.807) is 6.20 Å². The van der Waals surface area contributed by atoms with Crippen molar-refractivity contribution in [3.8, 4) is 22.6 Å². The first kappa shape index (κ1) is 22.7. The van der Waals surface area contributed by atoms with Crippen LogP contribution in [0.3, 0.4) is 0 Å². The molecular formula is C27H26ClN5O4. The molecule has 9 nitrogen and oxygen atoms in total. The summed E-state index contributed by atoms with van der Waals surface area (Å²) in [5, 5.41) is 8.82. The maximum Gasteiger partial charge on any atom is 0.439 e. The fourth-order valence-corrected chi connectivity index (χ4v) is 6.09. The van der Waals surface area contributed by atoms with Gasteiger partial charge < -0.3 is 14.2 Å². The molecule has 7 rings (SSSR count). The number of piperidine rings is 1. The summed E-state index contributed by atoms with van der Waals surface area (Å²) in [4.78, 5) is 20.9. The van der Waals surface area contributed by atoms with Crippen LogP contribution in [0.2, 0.25) is 5.02 Å². The lowest BCUT2D eigenvalue weighted by Crippen LogP contribution is -2.46. The SMILES string of the molecule is O=c1[nH]c(-c2ccc(N3[C@@H]4CC[C@H]3CC(OCc3c(-c5ccccc5Cl)noc3C3CC3)C4)nc2)no1. The molecule has 3 aromatic heterocycles. The minimum Gasteiger partial charge on any atom is -0.373 e. The molecule has 1 aliphatic carbocycles. The van der Waals surface area contributed by atoms with Gasteiger partial charge >= 0.3 is 5.76 Å².